The van der Waals surface area contributed by atoms with E-state index in [9.17, 15) is 0 Å². The highest BCUT2D eigenvalue weighted by Crippen LogP contribution is 2.52. The number of para-hydroxylation sites is 2. The van der Waals surface area contributed by atoms with E-state index in [1.165, 1.54) is 16.6 Å². The van der Waals surface area contributed by atoms with Crippen molar-refractivity contribution in [2.24, 2.45) is 0 Å². The second-order valence-electron chi connectivity index (χ2n) is 26.7. The monoisotopic (exact) mass is 1060 g/mol. The van der Waals surface area contributed by atoms with E-state index in [0.717, 1.165) is 140 Å². The lowest BCUT2D eigenvalue weighted by Crippen LogP contribution is -2.59. The topological polar surface area (TPSA) is 64.5 Å². The van der Waals surface area contributed by atoms with Crippen molar-refractivity contribution >= 4 is 84.0 Å². The maximum Gasteiger partial charge on any atom is 0.256 e. The molecule has 4 aromatic heterocycles. The normalized spacial score (nSPS) is 13.5. The van der Waals surface area contributed by atoms with Crippen LogP contribution in [0.4, 0.5) is 17.1 Å². The summed E-state index contributed by atoms with van der Waals surface area (Å²) in [5.74, 6) is 1.71. The Morgan fingerprint density at radius 3 is 1.37 bits per heavy atom. The third kappa shape index (κ3) is 8.46. The number of fused-ring (bicyclic) bond motifs is 10. The van der Waals surface area contributed by atoms with Crippen LogP contribution in [0.5, 0.6) is 11.5 Å². The van der Waals surface area contributed by atoms with Gasteiger partial charge in [0, 0.05) is 66.3 Å². The number of hydrogen-bond donors (Lipinski definition) is 0. The maximum absolute atomic E-state index is 7.45. The number of anilines is 3. The van der Waals surface area contributed by atoms with Gasteiger partial charge in [-0.25, -0.2) is 0 Å². The zero-order valence-corrected chi connectivity index (χ0v) is 48.5. The molecule has 6 heterocycles. The Bertz CT molecular complexity index is 4490. The van der Waals surface area contributed by atoms with Crippen LogP contribution in [-0.4, -0.2) is 16.7 Å². The van der Waals surface area contributed by atoms with Crippen LogP contribution in [0.15, 0.2) is 191 Å². The molecule has 7 heteroatoms. The molecule has 8 aromatic carbocycles. The van der Waals surface area contributed by atoms with Crippen LogP contribution in [0.25, 0.3) is 88.6 Å². The molecule has 0 bridgehead atoms. The lowest BCUT2D eigenvalue weighted by Gasteiger charge is -2.42. The highest BCUT2D eigenvalue weighted by Gasteiger charge is 2.44. The molecule has 0 amide bonds. The maximum atomic E-state index is 7.45. The Hall–Kier alpha value is -8.68. The fraction of sp³-hybridized carbons (Fsp3) is 0.216. The van der Waals surface area contributed by atoms with Gasteiger partial charge in [-0.1, -0.05) is 168 Å². The Morgan fingerprint density at radius 1 is 0.370 bits per heavy atom. The molecule has 2 aliphatic heterocycles. The van der Waals surface area contributed by atoms with Crippen molar-refractivity contribution in [2.45, 2.75) is 105 Å². The molecule has 0 aliphatic carbocycles. The van der Waals surface area contributed by atoms with Gasteiger partial charge in [-0.15, -0.1) is 0 Å². The lowest BCUT2D eigenvalue weighted by molar-refractivity contribution is 0.483. The molecule has 0 saturated carbocycles. The number of furan rings is 2. The number of pyridine rings is 2. The van der Waals surface area contributed by atoms with Crippen LogP contribution in [0.1, 0.15) is 106 Å². The molecule has 0 unspecified atom stereocenters. The number of aromatic nitrogens is 2. The van der Waals surface area contributed by atoms with E-state index >= 15 is 0 Å². The molecule has 0 saturated heterocycles. The van der Waals surface area contributed by atoms with Crippen LogP contribution in [0.3, 0.4) is 0 Å². The van der Waals surface area contributed by atoms with Gasteiger partial charge in [-0.2, -0.15) is 0 Å². The molecule has 14 rings (SSSR count). The van der Waals surface area contributed by atoms with Crippen molar-refractivity contribution in [1.29, 1.82) is 0 Å². The largest absolute Gasteiger partial charge is 0.458 e. The smallest absolute Gasteiger partial charge is 0.256 e. The number of hydrogen-bond acceptors (Lipinski definition) is 6. The predicted octanol–water partition coefficient (Wildman–Crippen LogP) is 18.5. The number of ether oxygens (including phenoxy) is 1. The van der Waals surface area contributed by atoms with Gasteiger partial charge in [0.25, 0.3) is 6.71 Å². The van der Waals surface area contributed by atoms with E-state index in [1.807, 2.05) is 18.2 Å². The summed E-state index contributed by atoms with van der Waals surface area (Å²) >= 11 is 0. The molecular weight excluding hydrogens is 990 g/mol. The average molecular weight is 1060 g/mol. The molecule has 0 fully saturated rings. The van der Waals surface area contributed by atoms with E-state index in [-0.39, 0.29) is 28.4 Å². The number of benzene rings is 8. The summed E-state index contributed by atoms with van der Waals surface area (Å²) in [7, 11) is 0. The van der Waals surface area contributed by atoms with E-state index in [2.05, 4.69) is 252 Å². The summed E-state index contributed by atoms with van der Waals surface area (Å²) in [6, 6.07) is 66.4. The van der Waals surface area contributed by atoms with Crippen molar-refractivity contribution in [1.82, 2.24) is 9.97 Å². The predicted molar refractivity (Wildman–Crippen MR) is 339 cm³/mol. The van der Waals surface area contributed by atoms with Crippen molar-refractivity contribution in [2.75, 3.05) is 4.90 Å². The average Bonchev–Trinajstić information content (AvgIpc) is 4.11. The third-order valence-electron chi connectivity index (χ3n) is 16.8. The first-order chi connectivity index (χ1) is 38.6. The van der Waals surface area contributed by atoms with Gasteiger partial charge in [-0.05, 0) is 158 Å². The summed E-state index contributed by atoms with van der Waals surface area (Å²) in [5.41, 5.74) is 21.9. The molecule has 0 atom stereocenters. The van der Waals surface area contributed by atoms with Crippen LogP contribution in [-0.2, 0) is 21.7 Å². The highest BCUT2D eigenvalue weighted by atomic mass is 16.5. The van der Waals surface area contributed by atoms with Gasteiger partial charge in [0.05, 0.1) is 17.1 Å². The van der Waals surface area contributed by atoms with Gasteiger partial charge in [0.1, 0.15) is 33.8 Å². The number of nitrogens with zero attached hydrogens (tertiary/aromatic N) is 3. The second kappa shape index (κ2) is 17.9. The highest BCUT2D eigenvalue weighted by molar-refractivity contribution is 6.99. The van der Waals surface area contributed by atoms with E-state index < -0.39 is 0 Å². The zero-order valence-electron chi connectivity index (χ0n) is 48.5. The minimum absolute atomic E-state index is 0.173. The molecule has 2 aliphatic rings. The molecule has 0 N–H and O–H groups in total. The Kier molecular flexibility index (Phi) is 11.2. The molecule has 0 radical (unpaired) electrons. The first-order valence-corrected chi connectivity index (χ1v) is 28.6. The first-order valence-electron chi connectivity index (χ1n) is 28.6. The van der Waals surface area contributed by atoms with Crippen LogP contribution in [0.2, 0.25) is 0 Å². The van der Waals surface area contributed by atoms with Gasteiger partial charge in [0.2, 0.25) is 0 Å². The van der Waals surface area contributed by atoms with E-state index in [4.69, 9.17) is 23.5 Å². The summed E-state index contributed by atoms with van der Waals surface area (Å²) in [6.07, 6.45) is 0. The van der Waals surface area contributed by atoms with Crippen LogP contribution < -0.4 is 26.0 Å². The molecule has 0 spiro atoms. The molecule has 81 heavy (non-hydrogen) atoms. The Labute approximate surface area is 475 Å². The SMILES string of the molecule is CC(C)(C)c1cc(-c2cccc(C(C)(C)C)n2)c(N2c3cc(-c4ccc5oc6ccccc6c5c4)ccc3B3c4ccc(-c5ccc6oc7ccccc7c6c5)cc4Oc4cc(C(C)(C)C)cc2c43)c(-c2cccc(C(C)(C)C)n2)c1. The van der Waals surface area contributed by atoms with Gasteiger partial charge < -0.3 is 18.5 Å². The van der Waals surface area contributed by atoms with E-state index in [0.29, 0.717) is 0 Å². The standard InChI is InChI=1S/C74H66BN3O3/c1-71(2,3)47-39-53(57-21-17-25-67(76-57)73(7,8)9)70(54(40-47)58-22-18-26-68(77-58)74(10,11)12)78-59-37-45(43-29-33-63-51(35-43)49-19-13-15-23-61(49)79-63)27-31-55(59)75-56-32-28-46(44-30-34-64-52(36-44)50-20-14-16-24-62(50)80-64)38-65(56)81-66-42-48(72(4,5)6)41-60(78)69(66)75/h13-42H,1-12H3. The quantitative estimate of drug-likeness (QED) is 0.160. The van der Waals surface area contributed by atoms with Crippen molar-refractivity contribution in [3.05, 3.63) is 205 Å². The summed E-state index contributed by atoms with van der Waals surface area (Å²) in [5, 5.41) is 4.40. The number of rotatable bonds is 5. The van der Waals surface area contributed by atoms with Gasteiger partial charge >= 0.3 is 0 Å². The van der Waals surface area contributed by atoms with Crippen LogP contribution >= 0.6 is 0 Å². The fourth-order valence-corrected chi connectivity index (χ4v) is 12.3. The van der Waals surface area contributed by atoms with Crippen molar-refractivity contribution in [3.63, 3.8) is 0 Å². The van der Waals surface area contributed by atoms with Gasteiger partial charge in [-0.3, -0.25) is 9.97 Å². The molecular formula is C74H66BN3O3. The Balaban J connectivity index is 1.08. The zero-order chi connectivity index (χ0) is 56.1. The van der Waals surface area contributed by atoms with Crippen LogP contribution in [0, 0.1) is 0 Å². The molecule has 12 aromatic rings. The molecule has 398 valence electrons. The summed E-state index contributed by atoms with van der Waals surface area (Å²) in [4.78, 5) is 13.8. The fourth-order valence-electron chi connectivity index (χ4n) is 12.3. The van der Waals surface area contributed by atoms with Gasteiger partial charge in [0.15, 0.2) is 0 Å². The molecule has 6 nitrogen and oxygen atoms in total. The first kappa shape index (κ1) is 50.5. The minimum atomic E-state index is -0.251. The lowest BCUT2D eigenvalue weighted by atomic mass is 9.34. The van der Waals surface area contributed by atoms with Crippen molar-refractivity contribution in [3.8, 4) is 56.3 Å². The minimum Gasteiger partial charge on any atom is -0.458 e. The summed E-state index contributed by atoms with van der Waals surface area (Å²) < 4.78 is 20.1. The Morgan fingerprint density at radius 2 is 0.840 bits per heavy atom. The van der Waals surface area contributed by atoms with Crippen molar-refractivity contribution < 1.29 is 13.6 Å². The second-order valence-corrected chi connectivity index (χ2v) is 26.7. The van der Waals surface area contributed by atoms with E-state index in [1.54, 1.807) is 0 Å². The summed E-state index contributed by atoms with van der Waals surface area (Å²) in [6.45, 7) is 27.1. The third-order valence-corrected chi connectivity index (χ3v) is 16.8.